The van der Waals surface area contributed by atoms with E-state index in [1.807, 2.05) is 24.9 Å². The van der Waals surface area contributed by atoms with Crippen LogP contribution in [0.1, 0.15) is 12.0 Å². The first kappa shape index (κ1) is 14.6. The molecule has 7 nitrogen and oxygen atoms in total. The lowest BCUT2D eigenvalue weighted by atomic mass is 10.2. The third-order valence-corrected chi connectivity index (χ3v) is 3.76. The van der Waals surface area contributed by atoms with Gasteiger partial charge in [0.25, 0.3) is 0 Å². The van der Waals surface area contributed by atoms with Crippen LogP contribution in [0.25, 0.3) is 0 Å². The van der Waals surface area contributed by atoms with Crippen molar-refractivity contribution >= 4 is 17.7 Å². The van der Waals surface area contributed by atoms with Gasteiger partial charge in [-0.25, -0.2) is 0 Å². The first-order valence-electron chi connectivity index (χ1n) is 6.36. The van der Waals surface area contributed by atoms with E-state index in [0.717, 1.165) is 22.9 Å². The lowest BCUT2D eigenvalue weighted by Gasteiger charge is -2.04. The lowest BCUT2D eigenvalue weighted by molar-refractivity contribution is -0.120. The number of hydrogen-bond donors (Lipinski definition) is 1. The Morgan fingerprint density at radius 3 is 2.95 bits per heavy atom. The Kier molecular flexibility index (Phi) is 5.16. The zero-order valence-corrected chi connectivity index (χ0v) is 12.4. The van der Waals surface area contributed by atoms with Gasteiger partial charge in [-0.15, -0.1) is 10.2 Å². The van der Waals surface area contributed by atoms with Gasteiger partial charge in [0.1, 0.15) is 6.33 Å². The van der Waals surface area contributed by atoms with Crippen LogP contribution in [0.2, 0.25) is 0 Å². The van der Waals surface area contributed by atoms with Gasteiger partial charge in [-0.2, -0.15) is 5.10 Å². The van der Waals surface area contributed by atoms with Gasteiger partial charge in [0.15, 0.2) is 5.16 Å². The molecule has 0 unspecified atom stereocenters. The summed E-state index contributed by atoms with van der Waals surface area (Å²) in [5.74, 6) is 0.845. The fourth-order valence-corrected chi connectivity index (χ4v) is 2.43. The van der Waals surface area contributed by atoms with Crippen molar-refractivity contribution in [1.82, 2.24) is 29.9 Å². The van der Waals surface area contributed by atoms with E-state index >= 15 is 0 Å². The van der Waals surface area contributed by atoms with Crippen LogP contribution >= 0.6 is 11.8 Å². The van der Waals surface area contributed by atoms with Crippen molar-refractivity contribution < 1.29 is 4.79 Å². The summed E-state index contributed by atoms with van der Waals surface area (Å²) in [5.41, 5.74) is 1.08. The maximum Gasteiger partial charge on any atom is 0.220 e. The number of amides is 1. The molecule has 1 amide bonds. The number of carbonyl (C=O) groups is 1. The fraction of sp³-hybridized carbons (Fsp3) is 0.500. The number of rotatable bonds is 7. The minimum Gasteiger partial charge on any atom is -0.355 e. The van der Waals surface area contributed by atoms with E-state index in [9.17, 15) is 4.79 Å². The molecular formula is C12H18N6OS. The molecule has 2 aromatic heterocycles. The van der Waals surface area contributed by atoms with Gasteiger partial charge >= 0.3 is 0 Å². The zero-order chi connectivity index (χ0) is 14.4. The van der Waals surface area contributed by atoms with Crippen molar-refractivity contribution in [3.63, 3.8) is 0 Å². The molecule has 0 aliphatic rings. The monoisotopic (exact) mass is 294 g/mol. The smallest absolute Gasteiger partial charge is 0.220 e. The molecule has 0 bridgehead atoms. The van der Waals surface area contributed by atoms with Crippen LogP contribution in [-0.2, 0) is 25.3 Å². The highest BCUT2D eigenvalue weighted by Gasteiger charge is 2.04. The van der Waals surface area contributed by atoms with E-state index in [1.165, 1.54) is 0 Å². The highest BCUT2D eigenvalue weighted by molar-refractivity contribution is 7.99. The standard InChI is InChI=1S/C12H18N6OS/c1-17-9-14-16-12(17)20-6-5-13-11(19)4-3-10-7-15-18(2)8-10/h7-9H,3-6H2,1-2H3,(H,13,19). The van der Waals surface area contributed by atoms with Crippen molar-refractivity contribution in [3.05, 3.63) is 24.3 Å². The summed E-state index contributed by atoms with van der Waals surface area (Å²) in [5, 5.41) is 15.6. The Morgan fingerprint density at radius 1 is 1.45 bits per heavy atom. The summed E-state index contributed by atoms with van der Waals surface area (Å²) < 4.78 is 3.60. The van der Waals surface area contributed by atoms with Crippen molar-refractivity contribution in [2.24, 2.45) is 14.1 Å². The summed E-state index contributed by atoms with van der Waals surface area (Å²) in [6, 6.07) is 0. The Labute approximate surface area is 121 Å². The molecule has 0 atom stereocenters. The molecule has 0 aliphatic carbocycles. The van der Waals surface area contributed by atoms with Crippen molar-refractivity contribution in [3.8, 4) is 0 Å². The molecule has 2 heterocycles. The first-order valence-corrected chi connectivity index (χ1v) is 7.34. The molecule has 0 spiro atoms. The second kappa shape index (κ2) is 7.09. The average Bonchev–Trinajstić information content (AvgIpc) is 3.01. The second-order valence-electron chi connectivity index (χ2n) is 4.45. The number of thioether (sulfide) groups is 1. The molecule has 0 saturated heterocycles. The van der Waals surface area contributed by atoms with Crippen LogP contribution in [0.5, 0.6) is 0 Å². The van der Waals surface area contributed by atoms with Crippen LogP contribution in [-0.4, -0.2) is 42.7 Å². The zero-order valence-electron chi connectivity index (χ0n) is 11.6. The molecule has 0 aromatic carbocycles. The molecule has 2 aromatic rings. The molecule has 1 N–H and O–H groups in total. The van der Waals surface area contributed by atoms with Crippen LogP contribution in [0.4, 0.5) is 0 Å². The van der Waals surface area contributed by atoms with Crippen LogP contribution in [0.3, 0.4) is 0 Å². The highest BCUT2D eigenvalue weighted by Crippen LogP contribution is 2.11. The first-order chi connectivity index (χ1) is 9.65. The molecule has 0 radical (unpaired) electrons. The van der Waals surface area contributed by atoms with Gasteiger partial charge in [0, 0.05) is 39.0 Å². The number of nitrogens with one attached hydrogen (secondary N) is 1. The topological polar surface area (TPSA) is 77.6 Å². The maximum atomic E-state index is 11.7. The molecule has 20 heavy (non-hydrogen) atoms. The molecular weight excluding hydrogens is 276 g/mol. The predicted octanol–water partition coefficient (Wildman–Crippen LogP) is 0.390. The SMILES string of the molecule is Cn1cc(CCC(=O)NCCSc2nncn2C)cn1. The third-order valence-electron chi connectivity index (χ3n) is 2.72. The van der Waals surface area contributed by atoms with Crippen molar-refractivity contribution in [2.75, 3.05) is 12.3 Å². The van der Waals surface area contributed by atoms with Gasteiger partial charge < -0.3 is 9.88 Å². The Morgan fingerprint density at radius 2 is 2.30 bits per heavy atom. The molecule has 2 rings (SSSR count). The Balaban J connectivity index is 1.59. The van der Waals surface area contributed by atoms with Crippen molar-refractivity contribution in [2.45, 2.75) is 18.0 Å². The van der Waals surface area contributed by atoms with E-state index in [1.54, 1.807) is 29.0 Å². The van der Waals surface area contributed by atoms with Crippen LogP contribution in [0, 0.1) is 0 Å². The summed E-state index contributed by atoms with van der Waals surface area (Å²) in [7, 11) is 3.77. The normalized spacial score (nSPS) is 10.7. The minimum absolute atomic E-state index is 0.0624. The molecule has 0 aliphatic heterocycles. The minimum atomic E-state index is 0.0624. The quantitative estimate of drug-likeness (QED) is 0.590. The Bertz CT molecular complexity index is 564. The van der Waals surface area contributed by atoms with E-state index in [-0.39, 0.29) is 5.91 Å². The van der Waals surface area contributed by atoms with Gasteiger partial charge in [0.05, 0.1) is 6.20 Å². The lowest BCUT2D eigenvalue weighted by Crippen LogP contribution is -2.25. The van der Waals surface area contributed by atoms with E-state index < -0.39 is 0 Å². The van der Waals surface area contributed by atoms with Gasteiger partial charge in [-0.3, -0.25) is 9.48 Å². The third kappa shape index (κ3) is 4.37. The maximum absolute atomic E-state index is 11.7. The highest BCUT2D eigenvalue weighted by atomic mass is 32.2. The number of aromatic nitrogens is 5. The van der Waals surface area contributed by atoms with Crippen molar-refractivity contribution in [1.29, 1.82) is 0 Å². The largest absolute Gasteiger partial charge is 0.355 e. The van der Waals surface area contributed by atoms with Gasteiger partial charge in [0.2, 0.25) is 5.91 Å². The van der Waals surface area contributed by atoms with Crippen LogP contribution < -0.4 is 5.32 Å². The summed E-state index contributed by atoms with van der Waals surface area (Å²) in [6.45, 7) is 0.628. The Hall–Kier alpha value is -1.83. The summed E-state index contributed by atoms with van der Waals surface area (Å²) in [4.78, 5) is 11.7. The van der Waals surface area contributed by atoms with Gasteiger partial charge in [-0.05, 0) is 12.0 Å². The van der Waals surface area contributed by atoms with Gasteiger partial charge in [-0.1, -0.05) is 11.8 Å². The van der Waals surface area contributed by atoms with E-state index in [2.05, 4.69) is 20.6 Å². The number of hydrogen-bond acceptors (Lipinski definition) is 5. The number of carbonyl (C=O) groups excluding carboxylic acids is 1. The average molecular weight is 294 g/mol. The molecule has 0 saturated carbocycles. The molecule has 108 valence electrons. The number of nitrogens with zero attached hydrogens (tertiary/aromatic N) is 5. The molecule has 0 fully saturated rings. The second-order valence-corrected chi connectivity index (χ2v) is 5.51. The van der Waals surface area contributed by atoms with E-state index in [4.69, 9.17) is 0 Å². The fourth-order valence-electron chi connectivity index (χ4n) is 1.68. The number of aryl methyl sites for hydroxylation is 3. The summed E-state index contributed by atoms with van der Waals surface area (Å²) in [6.07, 6.45) is 6.58. The predicted molar refractivity (Wildman–Crippen MR) is 76.3 cm³/mol. The van der Waals surface area contributed by atoms with Crippen LogP contribution in [0.15, 0.2) is 23.9 Å². The van der Waals surface area contributed by atoms with E-state index in [0.29, 0.717) is 13.0 Å². The summed E-state index contributed by atoms with van der Waals surface area (Å²) >= 11 is 1.57. The molecule has 8 heteroatoms.